The van der Waals surface area contributed by atoms with Gasteiger partial charge in [0.05, 0.1) is 4.90 Å². The number of amidine groups is 1. The molecule has 3 rings (SSSR count). The van der Waals surface area contributed by atoms with Gasteiger partial charge in [0.1, 0.15) is 12.6 Å². The molecule has 22 heavy (non-hydrogen) atoms. The van der Waals surface area contributed by atoms with Crippen LogP contribution in [0.1, 0.15) is 11.6 Å². The van der Waals surface area contributed by atoms with Gasteiger partial charge in [-0.1, -0.05) is 41.9 Å². The van der Waals surface area contributed by atoms with E-state index in [1.165, 1.54) is 24.3 Å². The van der Waals surface area contributed by atoms with Gasteiger partial charge in [0.25, 0.3) is 16.0 Å². The third-order valence-electron chi connectivity index (χ3n) is 3.18. The van der Waals surface area contributed by atoms with E-state index in [4.69, 9.17) is 16.3 Å². The minimum atomic E-state index is -3.73. The van der Waals surface area contributed by atoms with E-state index in [-0.39, 0.29) is 17.0 Å². The van der Waals surface area contributed by atoms with Crippen molar-refractivity contribution in [3.8, 4) is 0 Å². The van der Waals surface area contributed by atoms with Crippen molar-refractivity contribution in [1.82, 2.24) is 4.72 Å². The topological polar surface area (TPSA) is 67.8 Å². The maximum Gasteiger partial charge on any atom is 0.299 e. The van der Waals surface area contributed by atoms with Crippen molar-refractivity contribution in [3.63, 3.8) is 0 Å². The molecule has 1 heterocycles. The van der Waals surface area contributed by atoms with Gasteiger partial charge in [-0.2, -0.15) is 0 Å². The van der Waals surface area contributed by atoms with Gasteiger partial charge in [-0.15, -0.1) is 0 Å². The van der Waals surface area contributed by atoms with Crippen LogP contribution in [-0.4, -0.2) is 21.0 Å². The molecule has 1 unspecified atom stereocenters. The fourth-order valence-electron chi connectivity index (χ4n) is 2.06. The Kier molecular flexibility index (Phi) is 4.04. The summed E-state index contributed by atoms with van der Waals surface area (Å²) in [4.78, 5) is 4.37. The predicted octanol–water partition coefficient (Wildman–Crippen LogP) is 2.75. The molecule has 0 radical (unpaired) electrons. The number of sulfonamides is 1. The predicted molar refractivity (Wildman–Crippen MR) is 84.3 cm³/mol. The van der Waals surface area contributed by atoms with Crippen LogP contribution in [0, 0.1) is 0 Å². The van der Waals surface area contributed by atoms with Crippen molar-refractivity contribution in [3.05, 3.63) is 65.2 Å². The Morgan fingerprint density at radius 3 is 2.45 bits per heavy atom. The Bertz CT molecular complexity index is 789. The molecule has 0 aromatic heterocycles. The number of nitrogens with one attached hydrogen (secondary N) is 1. The molecule has 7 heteroatoms. The number of halogens is 1. The van der Waals surface area contributed by atoms with Gasteiger partial charge in [0.2, 0.25) is 0 Å². The molecule has 0 spiro atoms. The van der Waals surface area contributed by atoms with E-state index in [9.17, 15) is 8.42 Å². The van der Waals surface area contributed by atoms with Crippen LogP contribution in [-0.2, 0) is 14.8 Å². The Labute approximate surface area is 133 Å². The summed E-state index contributed by atoms with van der Waals surface area (Å²) in [5.41, 5.74) is 0.975. The highest BCUT2D eigenvalue weighted by molar-refractivity contribution is 7.90. The van der Waals surface area contributed by atoms with E-state index < -0.39 is 10.0 Å². The lowest BCUT2D eigenvalue weighted by Crippen LogP contribution is -2.30. The molecule has 1 aliphatic rings. The Morgan fingerprint density at radius 2 is 1.77 bits per heavy atom. The summed E-state index contributed by atoms with van der Waals surface area (Å²) < 4.78 is 32.1. The van der Waals surface area contributed by atoms with Crippen molar-refractivity contribution in [2.75, 3.05) is 6.61 Å². The fraction of sp³-hybridized carbons (Fsp3) is 0.133. The molecule has 5 nitrogen and oxygen atoms in total. The summed E-state index contributed by atoms with van der Waals surface area (Å²) in [6.07, 6.45) is 0. The maximum absolute atomic E-state index is 12.2. The van der Waals surface area contributed by atoms with Crippen molar-refractivity contribution in [2.24, 2.45) is 4.99 Å². The van der Waals surface area contributed by atoms with Crippen LogP contribution in [0.4, 0.5) is 0 Å². The quantitative estimate of drug-likeness (QED) is 0.937. The molecular formula is C15H13ClN2O3S. The van der Waals surface area contributed by atoms with E-state index in [1.807, 2.05) is 30.3 Å². The number of benzene rings is 2. The number of rotatable bonds is 3. The van der Waals surface area contributed by atoms with Crippen LogP contribution in [0.2, 0.25) is 5.02 Å². The van der Waals surface area contributed by atoms with Crippen LogP contribution >= 0.6 is 11.6 Å². The van der Waals surface area contributed by atoms with Crippen LogP contribution in [0.3, 0.4) is 0 Å². The highest BCUT2D eigenvalue weighted by Crippen LogP contribution is 2.22. The summed E-state index contributed by atoms with van der Waals surface area (Å²) in [6, 6.07) is 15.2. The molecule has 1 aliphatic heterocycles. The van der Waals surface area contributed by atoms with Crippen molar-refractivity contribution in [2.45, 2.75) is 10.9 Å². The zero-order chi connectivity index (χ0) is 15.6. The van der Waals surface area contributed by atoms with Crippen molar-refractivity contribution in [1.29, 1.82) is 0 Å². The summed E-state index contributed by atoms with van der Waals surface area (Å²) in [6.45, 7) is 0.308. The zero-order valence-corrected chi connectivity index (χ0v) is 13.0. The first-order chi connectivity index (χ1) is 10.5. The van der Waals surface area contributed by atoms with E-state index in [0.717, 1.165) is 5.56 Å². The fourth-order valence-corrected chi connectivity index (χ4v) is 3.14. The average Bonchev–Trinajstić information content (AvgIpc) is 2.96. The van der Waals surface area contributed by atoms with Gasteiger partial charge in [-0.25, -0.2) is 18.1 Å². The van der Waals surface area contributed by atoms with Gasteiger partial charge in [0, 0.05) is 5.02 Å². The van der Waals surface area contributed by atoms with E-state index in [0.29, 0.717) is 11.6 Å². The minimum Gasteiger partial charge on any atom is -0.462 e. The molecule has 0 aliphatic carbocycles. The number of hydrogen-bond acceptors (Lipinski definition) is 4. The molecule has 0 saturated carbocycles. The Morgan fingerprint density at radius 1 is 1.09 bits per heavy atom. The number of hydrogen-bond donors (Lipinski definition) is 1. The van der Waals surface area contributed by atoms with Gasteiger partial charge in [0.15, 0.2) is 0 Å². The summed E-state index contributed by atoms with van der Waals surface area (Å²) in [5, 5.41) is 0.470. The van der Waals surface area contributed by atoms with Crippen LogP contribution < -0.4 is 4.72 Å². The summed E-state index contributed by atoms with van der Waals surface area (Å²) >= 11 is 5.76. The molecular weight excluding hydrogens is 324 g/mol. The zero-order valence-electron chi connectivity index (χ0n) is 11.4. The molecule has 114 valence electrons. The summed E-state index contributed by atoms with van der Waals surface area (Å²) in [5.74, 6) is 0. The van der Waals surface area contributed by atoms with E-state index in [2.05, 4.69) is 9.71 Å². The van der Waals surface area contributed by atoms with E-state index in [1.54, 1.807) is 0 Å². The smallest absolute Gasteiger partial charge is 0.299 e. The third kappa shape index (κ3) is 3.23. The average molecular weight is 337 g/mol. The van der Waals surface area contributed by atoms with Crippen molar-refractivity contribution < 1.29 is 13.2 Å². The summed E-state index contributed by atoms with van der Waals surface area (Å²) in [7, 11) is -3.73. The van der Waals surface area contributed by atoms with Gasteiger partial charge < -0.3 is 4.74 Å². The standard InChI is InChI=1S/C15H13ClN2O3S/c16-12-6-8-13(9-7-12)22(19,20)18-15-17-14(10-21-15)11-4-2-1-3-5-11/h1-9,14H,10H2,(H,17,18). The van der Waals surface area contributed by atoms with Crippen LogP contribution in [0.25, 0.3) is 0 Å². The second-order valence-electron chi connectivity index (χ2n) is 4.73. The monoisotopic (exact) mass is 336 g/mol. The van der Waals surface area contributed by atoms with Crippen molar-refractivity contribution >= 4 is 27.6 Å². The highest BCUT2D eigenvalue weighted by Gasteiger charge is 2.24. The largest absolute Gasteiger partial charge is 0.462 e. The molecule has 0 amide bonds. The van der Waals surface area contributed by atoms with Gasteiger partial charge >= 0.3 is 0 Å². The lowest BCUT2D eigenvalue weighted by atomic mass is 10.1. The normalized spacial score (nSPS) is 17.7. The lowest BCUT2D eigenvalue weighted by molar-refractivity contribution is 0.311. The molecule has 1 atom stereocenters. The molecule has 2 aromatic rings. The molecule has 0 saturated heterocycles. The van der Waals surface area contributed by atoms with Gasteiger partial charge in [-0.05, 0) is 29.8 Å². The SMILES string of the molecule is O=S(=O)(NC1=NC(c2ccccc2)CO1)c1ccc(Cl)cc1. The number of aliphatic imine (C=N–C) groups is 1. The van der Waals surface area contributed by atoms with E-state index >= 15 is 0 Å². The Balaban J connectivity index is 1.77. The van der Waals surface area contributed by atoms with Crippen LogP contribution in [0.5, 0.6) is 0 Å². The maximum atomic E-state index is 12.2. The second-order valence-corrected chi connectivity index (χ2v) is 6.85. The number of ether oxygens (including phenoxy) is 1. The third-order valence-corrected chi connectivity index (χ3v) is 4.77. The molecule has 2 aromatic carbocycles. The highest BCUT2D eigenvalue weighted by atomic mass is 35.5. The Hall–Kier alpha value is -2.05. The molecule has 0 bridgehead atoms. The first-order valence-corrected chi connectivity index (χ1v) is 8.45. The minimum absolute atomic E-state index is 0.00352. The van der Waals surface area contributed by atoms with Gasteiger partial charge in [-0.3, -0.25) is 0 Å². The van der Waals surface area contributed by atoms with Crippen LogP contribution in [0.15, 0.2) is 64.5 Å². The molecule has 0 fully saturated rings. The molecule has 1 N–H and O–H groups in total. The first-order valence-electron chi connectivity index (χ1n) is 6.58. The lowest BCUT2D eigenvalue weighted by Gasteiger charge is -2.06. The second kappa shape index (κ2) is 5.98. The number of nitrogens with zero attached hydrogens (tertiary/aromatic N) is 1. The first kappa shape index (κ1) is 14.9.